The highest BCUT2D eigenvalue weighted by molar-refractivity contribution is 5.88. The average molecular weight is 468 g/mol. The Morgan fingerprint density at radius 3 is 2.36 bits per heavy atom. The molecule has 5 nitrogen and oxygen atoms in total. The molecule has 0 radical (unpaired) electrons. The molecule has 1 heterocycles. The van der Waals surface area contributed by atoms with E-state index in [1.54, 1.807) is 36.4 Å². The van der Waals surface area contributed by atoms with Gasteiger partial charge in [0.1, 0.15) is 18.7 Å². The molecule has 0 aliphatic carbocycles. The molecule has 33 heavy (non-hydrogen) atoms. The first-order valence-corrected chi connectivity index (χ1v) is 10.9. The van der Waals surface area contributed by atoms with Gasteiger partial charge in [-0.15, -0.1) is 0 Å². The molecule has 2 aromatic rings. The van der Waals surface area contributed by atoms with E-state index >= 15 is 0 Å². The van der Waals surface area contributed by atoms with Crippen LogP contribution in [-0.4, -0.2) is 63.2 Å². The molecule has 1 aliphatic rings. The monoisotopic (exact) mass is 467 g/mol. The number of hydrogen-bond acceptors (Lipinski definition) is 5. The largest absolute Gasteiger partial charge is 0.482 e. The summed E-state index contributed by atoms with van der Waals surface area (Å²) in [5.74, 6) is -0.247. The van der Waals surface area contributed by atoms with Crippen molar-refractivity contribution < 1.29 is 27.1 Å². The van der Waals surface area contributed by atoms with Crippen LogP contribution in [0.15, 0.2) is 53.7 Å². The van der Waals surface area contributed by atoms with Crippen LogP contribution in [-0.2, 0) is 4.84 Å². The van der Waals surface area contributed by atoms with E-state index in [4.69, 9.17) is 9.57 Å². The van der Waals surface area contributed by atoms with Crippen molar-refractivity contribution in [1.82, 2.24) is 4.90 Å². The molecule has 0 spiro atoms. The van der Waals surface area contributed by atoms with E-state index in [0.717, 1.165) is 19.6 Å². The van der Waals surface area contributed by atoms with Crippen molar-refractivity contribution in [3.63, 3.8) is 0 Å². The maximum Gasteiger partial charge on any atom is 0.422 e. The van der Waals surface area contributed by atoms with Crippen LogP contribution in [0, 0.1) is 5.82 Å². The van der Waals surface area contributed by atoms with Gasteiger partial charge in [-0.25, -0.2) is 4.39 Å². The molecule has 0 amide bonds. The van der Waals surface area contributed by atoms with Crippen molar-refractivity contribution in [2.75, 3.05) is 51.3 Å². The molecule has 1 atom stereocenters. The number of anilines is 1. The van der Waals surface area contributed by atoms with E-state index < -0.39 is 12.8 Å². The lowest BCUT2D eigenvalue weighted by molar-refractivity contribution is -0.153. The Balaban J connectivity index is 1.60. The zero-order valence-electron chi connectivity index (χ0n) is 18.8. The summed E-state index contributed by atoms with van der Waals surface area (Å²) in [6.45, 7) is 4.02. The van der Waals surface area contributed by atoms with Crippen LogP contribution in [0.1, 0.15) is 24.8 Å². The van der Waals surface area contributed by atoms with Crippen molar-refractivity contribution in [1.29, 1.82) is 0 Å². The van der Waals surface area contributed by atoms with Crippen LogP contribution in [0.3, 0.4) is 0 Å². The predicted octanol–water partition coefficient (Wildman–Crippen LogP) is 5.09. The normalized spacial score (nSPS) is 16.5. The number of alkyl halides is 3. The minimum Gasteiger partial charge on any atom is -0.482 e. The molecule has 1 unspecified atom stereocenters. The van der Waals surface area contributed by atoms with Gasteiger partial charge < -0.3 is 14.5 Å². The maximum absolute atomic E-state index is 14.4. The van der Waals surface area contributed by atoms with Gasteiger partial charge in [-0.05, 0) is 43.7 Å². The number of oxime groups is 1. The quantitative estimate of drug-likeness (QED) is 0.293. The molecule has 3 rings (SSSR count). The molecule has 2 aromatic carbocycles. The second-order valence-electron chi connectivity index (χ2n) is 7.98. The van der Waals surface area contributed by atoms with Gasteiger partial charge in [0, 0.05) is 32.1 Å². The zero-order chi connectivity index (χ0) is 23.8. The van der Waals surface area contributed by atoms with Crippen LogP contribution in [0.5, 0.6) is 5.75 Å². The van der Waals surface area contributed by atoms with E-state index in [0.29, 0.717) is 36.5 Å². The van der Waals surface area contributed by atoms with E-state index in [2.05, 4.69) is 10.1 Å². The molecule has 1 fully saturated rings. The SMILES string of the molecule is CO/N=C(/C)C(CCN1CCN(c2ccccc2OCC(F)(F)F)CC1)c1ccccc1F. The van der Waals surface area contributed by atoms with Crippen molar-refractivity contribution in [3.8, 4) is 5.75 Å². The first kappa shape index (κ1) is 24.8. The number of ether oxygens (including phenoxy) is 1. The summed E-state index contributed by atoms with van der Waals surface area (Å²) in [6, 6.07) is 13.5. The third kappa shape index (κ3) is 7.08. The summed E-state index contributed by atoms with van der Waals surface area (Å²) in [6.07, 6.45) is -3.71. The fourth-order valence-electron chi connectivity index (χ4n) is 4.08. The second kappa shape index (κ2) is 11.4. The maximum atomic E-state index is 14.4. The van der Waals surface area contributed by atoms with Gasteiger partial charge in [0.05, 0.1) is 11.4 Å². The van der Waals surface area contributed by atoms with Gasteiger partial charge in [-0.2, -0.15) is 13.2 Å². The van der Waals surface area contributed by atoms with Crippen molar-refractivity contribution in [2.24, 2.45) is 5.16 Å². The van der Waals surface area contributed by atoms with Crippen LogP contribution >= 0.6 is 0 Å². The smallest absolute Gasteiger partial charge is 0.422 e. The van der Waals surface area contributed by atoms with Gasteiger partial charge in [-0.1, -0.05) is 35.5 Å². The Bertz CT molecular complexity index is 928. The zero-order valence-corrected chi connectivity index (χ0v) is 18.8. The van der Waals surface area contributed by atoms with Crippen LogP contribution in [0.4, 0.5) is 23.2 Å². The average Bonchev–Trinajstić information content (AvgIpc) is 2.79. The van der Waals surface area contributed by atoms with Crippen LogP contribution < -0.4 is 9.64 Å². The number of nitrogens with zero attached hydrogens (tertiary/aromatic N) is 3. The molecule has 1 saturated heterocycles. The number of rotatable bonds is 9. The lowest BCUT2D eigenvalue weighted by Gasteiger charge is -2.37. The van der Waals surface area contributed by atoms with Gasteiger partial charge in [0.2, 0.25) is 0 Å². The molecule has 9 heteroatoms. The number of para-hydroxylation sites is 2. The second-order valence-corrected chi connectivity index (χ2v) is 7.98. The van der Waals surface area contributed by atoms with E-state index in [1.807, 2.05) is 17.9 Å². The summed E-state index contributed by atoms with van der Waals surface area (Å²) in [5, 5.41) is 4.03. The fraction of sp³-hybridized carbons (Fsp3) is 0.458. The third-order valence-corrected chi connectivity index (χ3v) is 5.72. The highest BCUT2D eigenvalue weighted by Crippen LogP contribution is 2.31. The summed E-state index contributed by atoms with van der Waals surface area (Å²) < 4.78 is 57.2. The van der Waals surface area contributed by atoms with Crippen molar-refractivity contribution >= 4 is 11.4 Å². The van der Waals surface area contributed by atoms with E-state index in [9.17, 15) is 17.6 Å². The summed E-state index contributed by atoms with van der Waals surface area (Å²) in [7, 11) is 1.47. The minimum absolute atomic E-state index is 0.208. The van der Waals surface area contributed by atoms with Crippen molar-refractivity contribution in [3.05, 3.63) is 59.9 Å². The Hall–Kier alpha value is -2.81. The van der Waals surface area contributed by atoms with Gasteiger partial charge in [-0.3, -0.25) is 4.90 Å². The van der Waals surface area contributed by atoms with Crippen LogP contribution in [0.2, 0.25) is 0 Å². The highest BCUT2D eigenvalue weighted by atomic mass is 19.4. The predicted molar refractivity (Wildman–Crippen MR) is 121 cm³/mol. The molecular formula is C24H29F4N3O2. The Labute approximate surface area is 191 Å². The number of piperazine rings is 1. The first-order valence-electron chi connectivity index (χ1n) is 10.9. The topological polar surface area (TPSA) is 37.3 Å². The van der Waals surface area contributed by atoms with E-state index in [1.165, 1.54) is 13.2 Å². The minimum atomic E-state index is -4.38. The number of benzene rings is 2. The Morgan fingerprint density at radius 2 is 1.70 bits per heavy atom. The number of hydrogen-bond donors (Lipinski definition) is 0. The van der Waals surface area contributed by atoms with Crippen LogP contribution in [0.25, 0.3) is 0 Å². The number of halogens is 4. The molecule has 180 valence electrons. The van der Waals surface area contributed by atoms with Crippen molar-refractivity contribution in [2.45, 2.75) is 25.4 Å². The standard InChI is InChI=1S/C24H29F4N3O2/c1-18(29-32-2)19(20-7-3-4-8-21(20)25)11-12-30-13-15-31(16-14-30)22-9-5-6-10-23(22)33-17-24(26,27)28/h3-10,19H,11-17H2,1-2H3/b29-18-. The fourth-order valence-corrected chi connectivity index (χ4v) is 4.08. The van der Waals surface area contributed by atoms with Gasteiger partial charge in [0.25, 0.3) is 0 Å². The summed E-state index contributed by atoms with van der Waals surface area (Å²) >= 11 is 0. The summed E-state index contributed by atoms with van der Waals surface area (Å²) in [5.41, 5.74) is 1.95. The molecule has 0 saturated carbocycles. The Morgan fingerprint density at radius 1 is 1.03 bits per heavy atom. The molecule has 1 aliphatic heterocycles. The lowest BCUT2D eigenvalue weighted by atomic mass is 9.91. The molecule has 0 aromatic heterocycles. The molecular weight excluding hydrogens is 438 g/mol. The molecule has 0 bridgehead atoms. The third-order valence-electron chi connectivity index (χ3n) is 5.72. The van der Waals surface area contributed by atoms with Gasteiger partial charge in [0.15, 0.2) is 6.61 Å². The first-order chi connectivity index (χ1) is 15.8. The van der Waals surface area contributed by atoms with E-state index in [-0.39, 0.29) is 17.5 Å². The summed E-state index contributed by atoms with van der Waals surface area (Å²) in [4.78, 5) is 9.22. The highest BCUT2D eigenvalue weighted by Gasteiger charge is 2.29. The lowest BCUT2D eigenvalue weighted by Crippen LogP contribution is -2.47. The van der Waals surface area contributed by atoms with Gasteiger partial charge >= 0.3 is 6.18 Å². The molecule has 0 N–H and O–H groups in total. The Kier molecular flexibility index (Phi) is 8.55.